The summed E-state index contributed by atoms with van der Waals surface area (Å²) >= 11 is 3.36. The van der Waals surface area contributed by atoms with E-state index in [-0.39, 0.29) is 5.91 Å². The highest BCUT2D eigenvalue weighted by molar-refractivity contribution is 9.10. The van der Waals surface area contributed by atoms with Gasteiger partial charge < -0.3 is 14.8 Å². The molecule has 104 valence electrons. The molecular weight excluding hydrogens is 324 g/mol. The lowest BCUT2D eigenvalue weighted by Gasteiger charge is -2.12. The highest BCUT2D eigenvalue weighted by Gasteiger charge is 2.14. The molecule has 0 atom stereocenters. The van der Waals surface area contributed by atoms with Crippen LogP contribution in [0.5, 0.6) is 11.5 Å². The number of methoxy groups -OCH3 is 2. The molecule has 1 amide bonds. The fourth-order valence-electron chi connectivity index (χ4n) is 1.70. The first kappa shape index (κ1) is 14.3. The van der Waals surface area contributed by atoms with Crippen molar-refractivity contribution >= 4 is 27.5 Å². The summed E-state index contributed by atoms with van der Waals surface area (Å²) in [6, 6.07) is 6.97. The number of carbonyl (C=O) groups is 1. The van der Waals surface area contributed by atoms with Gasteiger partial charge in [-0.25, -0.2) is 0 Å². The minimum atomic E-state index is -0.291. The average Bonchev–Trinajstić information content (AvgIpc) is 2.47. The maximum absolute atomic E-state index is 12.3. The van der Waals surface area contributed by atoms with E-state index in [1.165, 1.54) is 19.5 Å². The Balaban J connectivity index is 2.30. The predicted molar refractivity (Wildman–Crippen MR) is 79.4 cm³/mol. The Morgan fingerprint density at radius 1 is 1.20 bits per heavy atom. The summed E-state index contributed by atoms with van der Waals surface area (Å²) in [6.07, 6.45) is 3.03. The van der Waals surface area contributed by atoms with Gasteiger partial charge in [-0.3, -0.25) is 9.78 Å². The maximum Gasteiger partial charge on any atom is 0.259 e. The number of rotatable bonds is 4. The first-order valence-electron chi connectivity index (χ1n) is 5.78. The summed E-state index contributed by atoms with van der Waals surface area (Å²) < 4.78 is 11.2. The lowest BCUT2D eigenvalue weighted by atomic mass is 10.2. The van der Waals surface area contributed by atoms with Gasteiger partial charge in [0.15, 0.2) is 0 Å². The van der Waals surface area contributed by atoms with Crippen molar-refractivity contribution in [3.63, 3.8) is 0 Å². The van der Waals surface area contributed by atoms with E-state index < -0.39 is 0 Å². The normalized spacial score (nSPS) is 9.95. The van der Waals surface area contributed by atoms with E-state index in [1.807, 2.05) is 6.07 Å². The molecule has 0 aliphatic heterocycles. The Labute approximate surface area is 125 Å². The molecule has 0 radical (unpaired) electrons. The van der Waals surface area contributed by atoms with E-state index in [0.717, 1.165) is 4.47 Å². The van der Waals surface area contributed by atoms with Crippen LogP contribution in [0.3, 0.4) is 0 Å². The molecule has 0 saturated carbocycles. The number of carbonyl (C=O) groups excluding carboxylic acids is 1. The third-order valence-corrected chi connectivity index (χ3v) is 3.15. The zero-order chi connectivity index (χ0) is 14.5. The van der Waals surface area contributed by atoms with Gasteiger partial charge in [0.25, 0.3) is 5.91 Å². The second-order valence-electron chi connectivity index (χ2n) is 3.87. The topological polar surface area (TPSA) is 60.5 Å². The fraction of sp³-hybridized carbons (Fsp3) is 0.143. The number of benzene rings is 1. The third-order valence-electron chi connectivity index (χ3n) is 2.66. The van der Waals surface area contributed by atoms with Gasteiger partial charge in [0.1, 0.15) is 11.5 Å². The Bertz CT molecular complexity index is 632. The minimum Gasteiger partial charge on any atom is -0.495 e. The fourth-order valence-corrected chi connectivity index (χ4v) is 2.06. The lowest BCUT2D eigenvalue weighted by molar-refractivity contribution is 0.102. The number of pyridine rings is 1. The van der Waals surface area contributed by atoms with Crippen LogP contribution in [0.4, 0.5) is 5.69 Å². The number of hydrogen-bond donors (Lipinski definition) is 1. The zero-order valence-corrected chi connectivity index (χ0v) is 12.6. The molecule has 1 aromatic heterocycles. The Morgan fingerprint density at radius 2 is 1.95 bits per heavy atom. The third kappa shape index (κ3) is 3.08. The number of nitrogens with one attached hydrogen (secondary N) is 1. The molecule has 5 nitrogen and oxygen atoms in total. The lowest BCUT2D eigenvalue weighted by Crippen LogP contribution is -2.14. The predicted octanol–water partition coefficient (Wildman–Crippen LogP) is 3.11. The molecule has 1 heterocycles. The van der Waals surface area contributed by atoms with Gasteiger partial charge in [-0.2, -0.15) is 0 Å². The molecule has 1 aromatic carbocycles. The number of nitrogens with zero attached hydrogens (tertiary/aromatic N) is 1. The number of amides is 1. The van der Waals surface area contributed by atoms with Gasteiger partial charge in [-0.05, 0) is 24.3 Å². The SMILES string of the molecule is COc1ccc(Br)cc1NC(=O)c1ccncc1OC. The van der Waals surface area contributed by atoms with Crippen LogP contribution in [-0.2, 0) is 0 Å². The molecule has 20 heavy (non-hydrogen) atoms. The standard InChI is InChI=1S/C14H13BrN2O3/c1-19-12-4-3-9(15)7-11(12)17-14(18)10-5-6-16-8-13(10)20-2/h3-8H,1-2H3,(H,17,18). The molecule has 0 saturated heterocycles. The van der Waals surface area contributed by atoms with Crippen molar-refractivity contribution in [1.82, 2.24) is 4.98 Å². The Morgan fingerprint density at radius 3 is 2.65 bits per heavy atom. The number of hydrogen-bond acceptors (Lipinski definition) is 4. The van der Waals surface area contributed by atoms with Crippen molar-refractivity contribution in [2.24, 2.45) is 0 Å². The van der Waals surface area contributed by atoms with Crippen molar-refractivity contribution in [2.45, 2.75) is 0 Å². The van der Waals surface area contributed by atoms with E-state index >= 15 is 0 Å². The zero-order valence-electron chi connectivity index (χ0n) is 11.0. The van der Waals surface area contributed by atoms with E-state index in [1.54, 1.807) is 25.3 Å². The number of halogens is 1. The highest BCUT2D eigenvalue weighted by atomic mass is 79.9. The summed E-state index contributed by atoms with van der Waals surface area (Å²) in [5.74, 6) is 0.703. The molecule has 0 bridgehead atoms. The summed E-state index contributed by atoms with van der Waals surface area (Å²) in [7, 11) is 3.04. The molecule has 0 aliphatic carbocycles. The quantitative estimate of drug-likeness (QED) is 0.931. The van der Waals surface area contributed by atoms with Crippen LogP contribution < -0.4 is 14.8 Å². The van der Waals surface area contributed by atoms with Gasteiger partial charge >= 0.3 is 0 Å². The van der Waals surface area contributed by atoms with Gasteiger partial charge in [0, 0.05) is 10.7 Å². The highest BCUT2D eigenvalue weighted by Crippen LogP contribution is 2.29. The number of ether oxygens (including phenoxy) is 2. The van der Waals surface area contributed by atoms with E-state index in [4.69, 9.17) is 9.47 Å². The summed E-state index contributed by atoms with van der Waals surface area (Å²) in [5.41, 5.74) is 0.982. The first-order chi connectivity index (χ1) is 9.65. The van der Waals surface area contributed by atoms with Gasteiger partial charge in [-0.15, -0.1) is 0 Å². The Hall–Kier alpha value is -2.08. The summed E-state index contributed by atoms with van der Waals surface area (Å²) in [4.78, 5) is 16.2. The average molecular weight is 337 g/mol. The van der Waals surface area contributed by atoms with Gasteiger partial charge in [0.2, 0.25) is 0 Å². The molecule has 0 spiro atoms. The van der Waals surface area contributed by atoms with Crippen LogP contribution in [0.1, 0.15) is 10.4 Å². The summed E-state index contributed by atoms with van der Waals surface area (Å²) in [5, 5.41) is 2.79. The monoisotopic (exact) mass is 336 g/mol. The second kappa shape index (κ2) is 6.38. The Kier molecular flexibility index (Phi) is 4.57. The van der Waals surface area contributed by atoms with Crippen molar-refractivity contribution in [3.05, 3.63) is 46.7 Å². The largest absolute Gasteiger partial charge is 0.495 e. The smallest absolute Gasteiger partial charge is 0.259 e. The molecule has 0 fully saturated rings. The molecule has 6 heteroatoms. The number of aromatic nitrogens is 1. The van der Waals surface area contributed by atoms with E-state index in [9.17, 15) is 4.79 Å². The van der Waals surface area contributed by atoms with Crippen molar-refractivity contribution < 1.29 is 14.3 Å². The van der Waals surface area contributed by atoms with Crippen LogP contribution in [0.25, 0.3) is 0 Å². The van der Waals surface area contributed by atoms with Crippen LogP contribution >= 0.6 is 15.9 Å². The molecule has 2 rings (SSSR count). The summed E-state index contributed by atoms with van der Waals surface area (Å²) in [6.45, 7) is 0. The van der Waals surface area contributed by atoms with Crippen molar-refractivity contribution in [1.29, 1.82) is 0 Å². The van der Waals surface area contributed by atoms with E-state index in [0.29, 0.717) is 22.7 Å². The minimum absolute atomic E-state index is 0.291. The van der Waals surface area contributed by atoms with Gasteiger partial charge in [0.05, 0.1) is 31.7 Å². The van der Waals surface area contributed by atoms with Crippen LogP contribution in [0, 0.1) is 0 Å². The molecular formula is C14H13BrN2O3. The van der Waals surface area contributed by atoms with Crippen LogP contribution in [0.15, 0.2) is 41.1 Å². The first-order valence-corrected chi connectivity index (χ1v) is 6.58. The van der Waals surface area contributed by atoms with Gasteiger partial charge in [-0.1, -0.05) is 15.9 Å². The van der Waals surface area contributed by atoms with Crippen molar-refractivity contribution in [3.8, 4) is 11.5 Å². The van der Waals surface area contributed by atoms with Crippen molar-refractivity contribution in [2.75, 3.05) is 19.5 Å². The maximum atomic E-state index is 12.3. The van der Waals surface area contributed by atoms with Crippen LogP contribution in [-0.4, -0.2) is 25.1 Å². The van der Waals surface area contributed by atoms with Crippen LogP contribution in [0.2, 0.25) is 0 Å². The number of anilines is 1. The molecule has 0 unspecified atom stereocenters. The molecule has 0 aliphatic rings. The molecule has 2 aromatic rings. The second-order valence-corrected chi connectivity index (χ2v) is 4.79. The van der Waals surface area contributed by atoms with E-state index in [2.05, 4.69) is 26.2 Å². The molecule has 1 N–H and O–H groups in total.